The Bertz CT molecular complexity index is 987. The lowest BCUT2D eigenvalue weighted by atomic mass is 9.99. The molecular formula is C25H38N4O5S. The highest BCUT2D eigenvalue weighted by atomic mass is 32.2. The number of nitrogens with zero attached hydrogens (tertiary/aromatic N) is 3. The summed E-state index contributed by atoms with van der Waals surface area (Å²) < 4.78 is 41.0. The minimum atomic E-state index is -3.59. The van der Waals surface area contributed by atoms with Crippen molar-refractivity contribution in [1.29, 1.82) is 0 Å². The van der Waals surface area contributed by atoms with Crippen molar-refractivity contribution in [3.63, 3.8) is 0 Å². The predicted octanol–water partition coefficient (Wildman–Crippen LogP) is 1.35. The Balaban J connectivity index is 1.05. The fourth-order valence-corrected chi connectivity index (χ4v) is 7.47. The summed E-state index contributed by atoms with van der Waals surface area (Å²) in [6.45, 7) is 6.23. The first kappa shape index (κ1) is 25.1. The number of amides is 1. The van der Waals surface area contributed by atoms with E-state index >= 15 is 0 Å². The third-order valence-electron chi connectivity index (χ3n) is 7.87. The highest BCUT2D eigenvalue weighted by Crippen LogP contribution is 2.33. The third-order valence-corrected chi connectivity index (χ3v) is 9.87. The van der Waals surface area contributed by atoms with Gasteiger partial charge < -0.3 is 14.8 Å². The van der Waals surface area contributed by atoms with Crippen molar-refractivity contribution in [3.8, 4) is 0 Å². The standard InChI is InChI=1S/C25H38N4O5S/c30-24(26-11-4-12-27-14-8-21-5-1-2-6-22(21)19-27)23-7-3-13-29(20-23)35(31,32)28-15-9-25(10-16-28)33-17-18-34-25/h1-2,5-6,23H,3-4,7-20H2,(H,26,30)/t23-/m1/s1. The summed E-state index contributed by atoms with van der Waals surface area (Å²) >= 11 is 0. The summed E-state index contributed by atoms with van der Waals surface area (Å²) in [5.41, 5.74) is 2.84. The number of nitrogens with one attached hydrogen (secondary N) is 1. The Morgan fingerprint density at radius 3 is 2.54 bits per heavy atom. The van der Waals surface area contributed by atoms with Gasteiger partial charge in [0.1, 0.15) is 0 Å². The van der Waals surface area contributed by atoms with Crippen LogP contribution in [-0.2, 0) is 37.4 Å². The van der Waals surface area contributed by atoms with Crippen LogP contribution in [0, 0.1) is 5.92 Å². The van der Waals surface area contributed by atoms with Gasteiger partial charge in [-0.1, -0.05) is 24.3 Å². The van der Waals surface area contributed by atoms with Crippen molar-refractivity contribution in [2.24, 2.45) is 5.92 Å². The largest absolute Gasteiger partial charge is 0.356 e. The van der Waals surface area contributed by atoms with Gasteiger partial charge in [0.05, 0.1) is 19.1 Å². The second-order valence-electron chi connectivity index (χ2n) is 10.2. The van der Waals surface area contributed by atoms with Gasteiger partial charge in [-0.25, -0.2) is 0 Å². The van der Waals surface area contributed by atoms with Crippen LogP contribution in [0.4, 0.5) is 0 Å². The molecule has 1 N–H and O–H groups in total. The number of piperidine rings is 2. The summed E-state index contributed by atoms with van der Waals surface area (Å²) in [5, 5.41) is 3.06. The molecule has 9 nitrogen and oxygen atoms in total. The van der Waals surface area contributed by atoms with Crippen molar-refractivity contribution >= 4 is 16.1 Å². The van der Waals surface area contributed by atoms with Crippen LogP contribution in [0.3, 0.4) is 0 Å². The molecule has 10 heteroatoms. The third kappa shape index (κ3) is 5.73. The summed E-state index contributed by atoms with van der Waals surface area (Å²) in [7, 11) is -3.59. The molecular weight excluding hydrogens is 468 g/mol. The van der Waals surface area contributed by atoms with Crippen LogP contribution >= 0.6 is 0 Å². The molecule has 1 aromatic carbocycles. The average molecular weight is 507 g/mol. The molecule has 4 aliphatic rings. The molecule has 1 atom stereocenters. The summed E-state index contributed by atoms with van der Waals surface area (Å²) in [6, 6.07) is 8.60. The Hall–Kier alpha value is -1.56. The van der Waals surface area contributed by atoms with Crippen LogP contribution in [0.15, 0.2) is 24.3 Å². The van der Waals surface area contributed by atoms with E-state index in [0.717, 1.165) is 38.9 Å². The van der Waals surface area contributed by atoms with E-state index in [0.29, 0.717) is 58.7 Å². The maximum Gasteiger partial charge on any atom is 0.282 e. The number of benzene rings is 1. The van der Waals surface area contributed by atoms with E-state index in [1.807, 2.05) is 0 Å². The van der Waals surface area contributed by atoms with E-state index in [1.165, 1.54) is 19.7 Å². The number of hydrogen-bond donors (Lipinski definition) is 1. The first-order valence-corrected chi connectivity index (χ1v) is 14.4. The smallest absolute Gasteiger partial charge is 0.282 e. The molecule has 35 heavy (non-hydrogen) atoms. The van der Waals surface area contributed by atoms with Crippen molar-refractivity contribution in [2.75, 3.05) is 59.0 Å². The Kier molecular flexibility index (Phi) is 7.76. The molecule has 0 unspecified atom stereocenters. The second-order valence-corrected chi connectivity index (χ2v) is 12.1. The van der Waals surface area contributed by atoms with Crippen LogP contribution in [0.25, 0.3) is 0 Å². The second kappa shape index (κ2) is 10.8. The maximum absolute atomic E-state index is 13.3. The monoisotopic (exact) mass is 506 g/mol. The Morgan fingerprint density at radius 2 is 1.77 bits per heavy atom. The van der Waals surface area contributed by atoms with E-state index in [2.05, 4.69) is 34.5 Å². The highest BCUT2D eigenvalue weighted by molar-refractivity contribution is 7.86. The summed E-state index contributed by atoms with van der Waals surface area (Å²) in [4.78, 5) is 15.3. The number of hydrogen-bond acceptors (Lipinski definition) is 6. The molecule has 4 aliphatic heterocycles. The highest BCUT2D eigenvalue weighted by Gasteiger charge is 2.44. The molecule has 3 saturated heterocycles. The van der Waals surface area contributed by atoms with Gasteiger partial charge in [-0.2, -0.15) is 17.0 Å². The summed E-state index contributed by atoms with van der Waals surface area (Å²) in [5.74, 6) is -0.925. The minimum absolute atomic E-state index is 0.0285. The van der Waals surface area contributed by atoms with Crippen molar-refractivity contribution in [3.05, 3.63) is 35.4 Å². The van der Waals surface area contributed by atoms with Gasteiger partial charge in [0.2, 0.25) is 5.91 Å². The molecule has 0 aromatic heterocycles. The van der Waals surface area contributed by atoms with Crippen molar-refractivity contribution in [1.82, 2.24) is 18.8 Å². The molecule has 0 radical (unpaired) electrons. The zero-order chi connectivity index (χ0) is 24.3. The quantitative estimate of drug-likeness (QED) is 0.562. The zero-order valence-corrected chi connectivity index (χ0v) is 21.3. The van der Waals surface area contributed by atoms with E-state index < -0.39 is 16.0 Å². The lowest BCUT2D eigenvalue weighted by Gasteiger charge is -2.40. The molecule has 1 spiro atoms. The van der Waals surface area contributed by atoms with E-state index in [-0.39, 0.29) is 18.4 Å². The van der Waals surface area contributed by atoms with Crippen LogP contribution in [0.5, 0.6) is 0 Å². The number of rotatable bonds is 7. The molecule has 3 fully saturated rings. The molecule has 0 aliphatic carbocycles. The van der Waals surface area contributed by atoms with E-state index in [9.17, 15) is 13.2 Å². The zero-order valence-electron chi connectivity index (χ0n) is 20.5. The molecule has 0 saturated carbocycles. The van der Waals surface area contributed by atoms with Gasteiger partial charge in [-0.3, -0.25) is 9.69 Å². The molecule has 0 bridgehead atoms. The Morgan fingerprint density at radius 1 is 1.03 bits per heavy atom. The maximum atomic E-state index is 13.3. The fourth-order valence-electron chi connectivity index (χ4n) is 5.78. The normalized spacial score (nSPS) is 26.0. The molecule has 1 amide bonds. The Labute approximate surface area is 208 Å². The van der Waals surface area contributed by atoms with Gasteiger partial charge in [0.15, 0.2) is 5.79 Å². The summed E-state index contributed by atoms with van der Waals surface area (Å²) in [6.07, 6.45) is 4.49. The first-order chi connectivity index (χ1) is 17.0. The van der Waals surface area contributed by atoms with Crippen LogP contribution in [0.2, 0.25) is 0 Å². The first-order valence-electron chi connectivity index (χ1n) is 13.1. The topological polar surface area (TPSA) is 91.4 Å². The fraction of sp³-hybridized carbons (Fsp3) is 0.720. The predicted molar refractivity (Wildman–Crippen MR) is 132 cm³/mol. The van der Waals surface area contributed by atoms with Crippen LogP contribution < -0.4 is 5.32 Å². The number of fused-ring (bicyclic) bond motifs is 1. The number of ether oxygens (including phenoxy) is 2. The van der Waals surface area contributed by atoms with Crippen LogP contribution in [-0.4, -0.2) is 92.6 Å². The number of carbonyl (C=O) groups is 1. The van der Waals surface area contributed by atoms with Gasteiger partial charge in [0.25, 0.3) is 10.2 Å². The molecule has 1 aromatic rings. The van der Waals surface area contributed by atoms with Crippen molar-refractivity contribution < 1.29 is 22.7 Å². The molecule has 4 heterocycles. The van der Waals surface area contributed by atoms with Gasteiger partial charge >= 0.3 is 0 Å². The average Bonchev–Trinajstić information content (AvgIpc) is 3.34. The molecule has 5 rings (SSSR count). The van der Waals surface area contributed by atoms with Gasteiger partial charge in [-0.15, -0.1) is 0 Å². The van der Waals surface area contributed by atoms with Gasteiger partial charge in [-0.05, 0) is 36.8 Å². The SMILES string of the molecule is O=C(NCCCN1CCc2ccccc2C1)[C@@H]1CCCN(S(=O)(=O)N2CCC3(CC2)OCCO3)C1. The number of carbonyl (C=O) groups excluding carboxylic acids is 1. The van der Waals surface area contributed by atoms with Crippen LogP contribution in [0.1, 0.15) is 43.2 Å². The minimum Gasteiger partial charge on any atom is -0.356 e. The lowest BCUT2D eigenvalue weighted by molar-refractivity contribution is -0.179. The van der Waals surface area contributed by atoms with Crippen molar-refractivity contribution in [2.45, 2.75) is 50.9 Å². The lowest BCUT2D eigenvalue weighted by Crippen LogP contribution is -2.54. The van der Waals surface area contributed by atoms with Gasteiger partial charge in [0, 0.05) is 65.2 Å². The van der Waals surface area contributed by atoms with E-state index in [1.54, 1.807) is 0 Å². The molecule has 194 valence electrons. The van der Waals surface area contributed by atoms with E-state index in [4.69, 9.17) is 9.47 Å².